The summed E-state index contributed by atoms with van der Waals surface area (Å²) >= 11 is 0. The Kier molecular flexibility index (Phi) is 5.26. The summed E-state index contributed by atoms with van der Waals surface area (Å²) in [6.07, 6.45) is 4.11. The van der Waals surface area contributed by atoms with Crippen molar-refractivity contribution in [3.8, 4) is 0 Å². The molecule has 1 N–H and O–H groups in total. The van der Waals surface area contributed by atoms with Crippen LogP contribution in [0.4, 0.5) is 0 Å². The van der Waals surface area contributed by atoms with Gasteiger partial charge in [0.25, 0.3) is 0 Å². The van der Waals surface area contributed by atoms with Gasteiger partial charge in [-0.2, -0.15) is 0 Å². The van der Waals surface area contributed by atoms with Crippen LogP contribution in [0.1, 0.15) is 58.4 Å². The maximum Gasteiger partial charge on any atom is -0.00148 e. The molecule has 2 rings (SSSR count). The van der Waals surface area contributed by atoms with E-state index in [0.29, 0.717) is 5.41 Å². The van der Waals surface area contributed by atoms with Crippen LogP contribution in [0.3, 0.4) is 0 Å². The van der Waals surface area contributed by atoms with Crippen LogP contribution in [-0.2, 0) is 0 Å². The summed E-state index contributed by atoms with van der Waals surface area (Å²) in [5.74, 6) is 2.38. The molecule has 112 valence electrons. The van der Waals surface area contributed by atoms with Crippen LogP contribution in [0.15, 0.2) is 30.3 Å². The number of rotatable bonds is 4. The summed E-state index contributed by atoms with van der Waals surface area (Å²) in [5, 5.41) is 3.57. The van der Waals surface area contributed by atoms with Crippen molar-refractivity contribution in [3.05, 3.63) is 35.9 Å². The standard InChI is InChI=1S/C19H31N/c1-5-20-14-16-11-12-17(19(2,3)4)13-18(16)15-9-7-6-8-10-15/h6-10,16-18,20H,5,11-14H2,1-4H3. The van der Waals surface area contributed by atoms with Crippen molar-refractivity contribution >= 4 is 0 Å². The molecule has 0 aromatic heterocycles. The van der Waals surface area contributed by atoms with Gasteiger partial charge in [-0.05, 0) is 61.1 Å². The molecule has 1 aromatic rings. The average Bonchev–Trinajstić information content (AvgIpc) is 2.45. The van der Waals surface area contributed by atoms with Gasteiger partial charge in [-0.15, -0.1) is 0 Å². The summed E-state index contributed by atoms with van der Waals surface area (Å²) in [6, 6.07) is 11.2. The van der Waals surface area contributed by atoms with Gasteiger partial charge < -0.3 is 5.32 Å². The largest absolute Gasteiger partial charge is 0.317 e. The first-order chi connectivity index (χ1) is 9.52. The van der Waals surface area contributed by atoms with E-state index in [2.05, 4.69) is 63.3 Å². The molecule has 1 aromatic carbocycles. The topological polar surface area (TPSA) is 12.0 Å². The van der Waals surface area contributed by atoms with Crippen molar-refractivity contribution in [1.29, 1.82) is 0 Å². The zero-order valence-corrected chi connectivity index (χ0v) is 13.7. The highest BCUT2D eigenvalue weighted by Gasteiger charge is 2.36. The van der Waals surface area contributed by atoms with Crippen molar-refractivity contribution in [2.24, 2.45) is 17.3 Å². The molecule has 1 heteroatoms. The number of hydrogen-bond acceptors (Lipinski definition) is 1. The molecule has 0 amide bonds. The van der Waals surface area contributed by atoms with Gasteiger partial charge in [-0.1, -0.05) is 58.0 Å². The summed E-state index contributed by atoms with van der Waals surface area (Å²) in [4.78, 5) is 0. The highest BCUT2D eigenvalue weighted by atomic mass is 14.8. The maximum atomic E-state index is 3.57. The van der Waals surface area contributed by atoms with Crippen LogP contribution >= 0.6 is 0 Å². The van der Waals surface area contributed by atoms with Crippen LogP contribution in [0.2, 0.25) is 0 Å². The molecule has 0 saturated heterocycles. The monoisotopic (exact) mass is 273 g/mol. The Labute approximate surface area is 125 Å². The molecule has 1 fully saturated rings. The summed E-state index contributed by atoms with van der Waals surface area (Å²) < 4.78 is 0. The second-order valence-corrected chi connectivity index (χ2v) is 7.46. The fraction of sp³-hybridized carbons (Fsp3) is 0.684. The Morgan fingerprint density at radius 3 is 2.40 bits per heavy atom. The molecule has 1 aliphatic rings. The molecule has 0 spiro atoms. The lowest BCUT2D eigenvalue weighted by molar-refractivity contribution is 0.129. The lowest BCUT2D eigenvalue weighted by atomic mass is 9.64. The molecular weight excluding hydrogens is 242 g/mol. The van der Waals surface area contributed by atoms with Crippen molar-refractivity contribution in [1.82, 2.24) is 5.32 Å². The third kappa shape index (κ3) is 3.85. The van der Waals surface area contributed by atoms with Gasteiger partial charge in [-0.25, -0.2) is 0 Å². The van der Waals surface area contributed by atoms with Crippen LogP contribution < -0.4 is 5.32 Å². The smallest absolute Gasteiger partial charge is 0.00148 e. The summed E-state index contributed by atoms with van der Waals surface area (Å²) in [7, 11) is 0. The predicted octanol–water partition coefficient (Wildman–Crippen LogP) is 4.84. The Hall–Kier alpha value is -0.820. The van der Waals surface area contributed by atoms with E-state index in [1.807, 2.05) is 0 Å². The quantitative estimate of drug-likeness (QED) is 0.827. The van der Waals surface area contributed by atoms with Crippen molar-refractivity contribution in [3.63, 3.8) is 0 Å². The Bertz CT molecular complexity index is 390. The van der Waals surface area contributed by atoms with Gasteiger partial charge in [0.05, 0.1) is 0 Å². The van der Waals surface area contributed by atoms with E-state index >= 15 is 0 Å². The Morgan fingerprint density at radius 2 is 1.80 bits per heavy atom. The number of hydrogen-bond donors (Lipinski definition) is 1. The van der Waals surface area contributed by atoms with Gasteiger partial charge in [-0.3, -0.25) is 0 Å². The Morgan fingerprint density at radius 1 is 1.10 bits per heavy atom. The van der Waals surface area contributed by atoms with E-state index < -0.39 is 0 Å². The minimum Gasteiger partial charge on any atom is -0.317 e. The van der Waals surface area contributed by atoms with Crippen molar-refractivity contribution < 1.29 is 0 Å². The highest BCUT2D eigenvalue weighted by Crippen LogP contribution is 2.46. The second kappa shape index (κ2) is 6.76. The average molecular weight is 273 g/mol. The van der Waals surface area contributed by atoms with Crippen LogP contribution in [0.25, 0.3) is 0 Å². The van der Waals surface area contributed by atoms with E-state index in [9.17, 15) is 0 Å². The first-order valence-electron chi connectivity index (χ1n) is 8.28. The molecular formula is C19H31N. The first-order valence-corrected chi connectivity index (χ1v) is 8.28. The minimum atomic E-state index is 0.441. The van der Waals surface area contributed by atoms with E-state index in [0.717, 1.165) is 24.3 Å². The summed E-state index contributed by atoms with van der Waals surface area (Å²) in [5.41, 5.74) is 1.99. The van der Waals surface area contributed by atoms with Gasteiger partial charge >= 0.3 is 0 Å². The van der Waals surface area contributed by atoms with E-state index in [-0.39, 0.29) is 0 Å². The molecule has 1 aliphatic carbocycles. The lowest BCUT2D eigenvalue weighted by Crippen LogP contribution is -2.35. The van der Waals surface area contributed by atoms with Gasteiger partial charge in [0.1, 0.15) is 0 Å². The molecule has 3 unspecified atom stereocenters. The molecule has 1 nitrogen and oxygen atoms in total. The van der Waals surface area contributed by atoms with Crippen LogP contribution in [0.5, 0.6) is 0 Å². The zero-order chi connectivity index (χ0) is 14.6. The predicted molar refractivity (Wildman–Crippen MR) is 88.0 cm³/mol. The third-order valence-electron chi connectivity index (χ3n) is 5.10. The second-order valence-electron chi connectivity index (χ2n) is 7.46. The third-order valence-corrected chi connectivity index (χ3v) is 5.10. The van der Waals surface area contributed by atoms with Crippen molar-refractivity contribution in [2.45, 2.75) is 52.9 Å². The molecule has 0 aliphatic heterocycles. The first kappa shape index (κ1) is 15.6. The summed E-state index contributed by atoms with van der Waals surface area (Å²) in [6.45, 7) is 11.7. The van der Waals surface area contributed by atoms with Gasteiger partial charge in [0.2, 0.25) is 0 Å². The molecule has 0 radical (unpaired) electrons. The zero-order valence-electron chi connectivity index (χ0n) is 13.7. The molecule has 3 atom stereocenters. The van der Waals surface area contributed by atoms with Crippen LogP contribution in [0, 0.1) is 17.3 Å². The van der Waals surface area contributed by atoms with E-state index in [4.69, 9.17) is 0 Å². The Balaban J connectivity index is 2.15. The number of benzene rings is 1. The van der Waals surface area contributed by atoms with Crippen molar-refractivity contribution in [2.75, 3.05) is 13.1 Å². The molecule has 0 heterocycles. The highest BCUT2D eigenvalue weighted by molar-refractivity contribution is 5.21. The number of nitrogens with one attached hydrogen (secondary N) is 1. The van der Waals surface area contributed by atoms with E-state index in [1.165, 1.54) is 25.8 Å². The maximum absolute atomic E-state index is 3.57. The fourth-order valence-electron chi connectivity index (χ4n) is 3.70. The van der Waals surface area contributed by atoms with E-state index in [1.54, 1.807) is 5.56 Å². The lowest BCUT2D eigenvalue weighted by Gasteiger charge is -2.42. The molecule has 20 heavy (non-hydrogen) atoms. The molecule has 0 bridgehead atoms. The normalized spacial score (nSPS) is 27.5. The SMILES string of the molecule is CCNCC1CCC(C(C)(C)C)CC1c1ccccc1. The van der Waals surface area contributed by atoms with Gasteiger partial charge in [0.15, 0.2) is 0 Å². The van der Waals surface area contributed by atoms with Gasteiger partial charge in [0, 0.05) is 0 Å². The molecule has 1 saturated carbocycles. The minimum absolute atomic E-state index is 0.441. The fourth-order valence-corrected chi connectivity index (χ4v) is 3.70. The van der Waals surface area contributed by atoms with Crippen LogP contribution in [-0.4, -0.2) is 13.1 Å².